The van der Waals surface area contributed by atoms with Gasteiger partial charge in [-0.25, -0.2) is 9.97 Å². The summed E-state index contributed by atoms with van der Waals surface area (Å²) in [6.45, 7) is 0.856. The van der Waals surface area contributed by atoms with Crippen molar-refractivity contribution in [3.63, 3.8) is 0 Å². The average molecular weight is 486 g/mol. The molecule has 4 N–H and O–H groups in total. The summed E-state index contributed by atoms with van der Waals surface area (Å²) in [4.78, 5) is 35.0. The predicted molar refractivity (Wildman–Crippen MR) is 134 cm³/mol. The molecule has 0 fully saturated rings. The minimum Gasteiger partial charge on any atom is -0.493 e. The van der Waals surface area contributed by atoms with Gasteiger partial charge in [0, 0.05) is 17.3 Å². The lowest BCUT2D eigenvalue weighted by molar-refractivity contribution is 0.102. The quantitative estimate of drug-likeness (QED) is 0.310. The lowest BCUT2D eigenvalue weighted by atomic mass is 10.1. The number of amides is 2. The number of hydrogen-bond donors (Lipinski definition) is 3. The molecule has 2 heterocycles. The van der Waals surface area contributed by atoms with Gasteiger partial charge in [0.15, 0.2) is 5.69 Å². The minimum absolute atomic E-state index is 0.0395. The van der Waals surface area contributed by atoms with Crippen molar-refractivity contribution in [1.29, 1.82) is 0 Å². The third-order valence-corrected chi connectivity index (χ3v) is 5.73. The second-order valence-electron chi connectivity index (χ2n) is 6.96. The zero-order valence-corrected chi connectivity index (χ0v) is 19.6. The van der Waals surface area contributed by atoms with Gasteiger partial charge in [-0.1, -0.05) is 17.5 Å². The summed E-state index contributed by atoms with van der Waals surface area (Å²) >= 11 is 5.83. The molecule has 1 unspecified atom stereocenters. The van der Waals surface area contributed by atoms with Crippen LogP contribution in [0, 0.1) is 0 Å². The fraction of sp³-hybridized carbons (Fsp3) is 0.174. The Balaban J connectivity index is 1.83. The minimum atomic E-state index is -0.525. The topological polar surface area (TPSA) is 119 Å². The SMILES string of the molecule is C=S(C)c1ccc(C(=O)Nc2cccnc2C(=O)Nc2ccc(Cl)cn2)c(OCCCN)c1. The summed E-state index contributed by atoms with van der Waals surface area (Å²) < 4.78 is 5.82. The van der Waals surface area contributed by atoms with Crippen LogP contribution in [0.2, 0.25) is 5.02 Å². The first-order chi connectivity index (χ1) is 15.9. The van der Waals surface area contributed by atoms with Gasteiger partial charge in [0.25, 0.3) is 11.8 Å². The van der Waals surface area contributed by atoms with E-state index in [1.165, 1.54) is 12.4 Å². The van der Waals surface area contributed by atoms with E-state index in [0.29, 0.717) is 41.7 Å². The highest BCUT2D eigenvalue weighted by atomic mass is 35.5. The Hall–Kier alpha value is -3.27. The molecule has 3 rings (SSSR count). The summed E-state index contributed by atoms with van der Waals surface area (Å²) in [7, 11) is -0.250. The molecular formula is C23H24ClN5O3S. The van der Waals surface area contributed by atoms with Crippen molar-refractivity contribution in [1.82, 2.24) is 9.97 Å². The highest BCUT2D eigenvalue weighted by molar-refractivity contribution is 8.13. The van der Waals surface area contributed by atoms with Crippen LogP contribution in [0.1, 0.15) is 27.3 Å². The first kappa shape index (κ1) is 24.4. The Kier molecular flexibility index (Phi) is 8.53. The van der Waals surface area contributed by atoms with E-state index in [9.17, 15) is 9.59 Å². The van der Waals surface area contributed by atoms with Crippen LogP contribution in [0.3, 0.4) is 0 Å². The third-order valence-electron chi connectivity index (χ3n) is 4.45. The Bertz CT molecular complexity index is 1170. The molecule has 1 atom stereocenters. The molecular weight excluding hydrogens is 462 g/mol. The van der Waals surface area contributed by atoms with Crippen LogP contribution < -0.4 is 21.1 Å². The standard InChI is InChI=1S/C23H24ClN5O3S/c1-33(2)16-7-8-17(19(13-16)32-12-4-10-25)22(30)28-18-5-3-11-26-21(18)23(31)29-20-9-6-15(24)14-27-20/h3,5-9,11,13-14H,1,4,10,12,25H2,2H3,(H,28,30)(H,27,29,31). The summed E-state index contributed by atoms with van der Waals surface area (Å²) in [6.07, 6.45) is 5.52. The number of nitrogens with two attached hydrogens (primary N) is 1. The van der Waals surface area contributed by atoms with Gasteiger partial charge >= 0.3 is 0 Å². The molecule has 10 heteroatoms. The Morgan fingerprint density at radius 3 is 2.67 bits per heavy atom. The third kappa shape index (κ3) is 6.61. The van der Waals surface area contributed by atoms with Gasteiger partial charge in [0.2, 0.25) is 0 Å². The van der Waals surface area contributed by atoms with Crippen LogP contribution >= 0.6 is 22.1 Å². The molecule has 0 spiro atoms. The number of pyridine rings is 2. The number of benzene rings is 1. The molecule has 0 bridgehead atoms. The highest BCUT2D eigenvalue weighted by Gasteiger charge is 2.19. The zero-order chi connectivity index (χ0) is 23.8. The molecule has 33 heavy (non-hydrogen) atoms. The first-order valence-electron chi connectivity index (χ1n) is 10.0. The van der Waals surface area contributed by atoms with Crippen molar-refractivity contribution in [2.24, 2.45) is 5.73 Å². The lowest BCUT2D eigenvalue weighted by Gasteiger charge is -2.15. The van der Waals surface area contributed by atoms with E-state index in [4.69, 9.17) is 22.1 Å². The number of carbonyl (C=O) groups is 2. The monoisotopic (exact) mass is 485 g/mol. The molecule has 0 radical (unpaired) electrons. The van der Waals surface area contributed by atoms with E-state index in [-0.39, 0.29) is 21.9 Å². The van der Waals surface area contributed by atoms with Crippen molar-refractivity contribution in [2.75, 3.05) is 30.0 Å². The van der Waals surface area contributed by atoms with Crippen LogP contribution in [0.4, 0.5) is 11.5 Å². The van der Waals surface area contributed by atoms with Crippen LogP contribution in [0.25, 0.3) is 0 Å². The molecule has 1 aromatic carbocycles. The molecule has 2 amide bonds. The average Bonchev–Trinajstić information content (AvgIpc) is 2.81. The summed E-state index contributed by atoms with van der Waals surface area (Å²) in [5.74, 6) is 3.82. The van der Waals surface area contributed by atoms with Crippen molar-refractivity contribution in [3.05, 3.63) is 71.1 Å². The van der Waals surface area contributed by atoms with Gasteiger partial charge in [0.1, 0.15) is 11.6 Å². The Morgan fingerprint density at radius 2 is 1.97 bits per heavy atom. The number of nitrogens with one attached hydrogen (secondary N) is 2. The number of nitrogens with zero attached hydrogens (tertiary/aromatic N) is 2. The molecule has 0 aliphatic rings. The van der Waals surface area contributed by atoms with Crippen LogP contribution in [0.15, 0.2) is 59.8 Å². The van der Waals surface area contributed by atoms with Gasteiger partial charge in [-0.15, -0.1) is 0 Å². The number of ether oxygens (including phenoxy) is 1. The fourth-order valence-corrected chi connectivity index (χ4v) is 3.51. The van der Waals surface area contributed by atoms with Crippen LogP contribution in [-0.2, 0) is 0 Å². The van der Waals surface area contributed by atoms with E-state index < -0.39 is 11.8 Å². The fourth-order valence-electron chi connectivity index (χ4n) is 2.79. The number of halogens is 1. The maximum atomic E-state index is 13.1. The molecule has 2 aromatic heterocycles. The van der Waals surface area contributed by atoms with Crippen molar-refractivity contribution < 1.29 is 14.3 Å². The van der Waals surface area contributed by atoms with Crippen LogP contribution in [0.5, 0.6) is 5.75 Å². The molecule has 8 nitrogen and oxygen atoms in total. The van der Waals surface area contributed by atoms with Gasteiger partial charge in [-0.05, 0) is 61.7 Å². The van der Waals surface area contributed by atoms with E-state index in [2.05, 4.69) is 26.5 Å². The van der Waals surface area contributed by atoms with Gasteiger partial charge in [-0.3, -0.25) is 9.59 Å². The maximum Gasteiger partial charge on any atom is 0.277 e. The lowest BCUT2D eigenvalue weighted by Crippen LogP contribution is -2.20. The predicted octanol–water partition coefficient (Wildman–Crippen LogP) is 4.05. The number of hydrogen-bond acceptors (Lipinski definition) is 6. The summed E-state index contributed by atoms with van der Waals surface area (Å²) in [5, 5.41) is 5.85. The van der Waals surface area contributed by atoms with Crippen molar-refractivity contribution >= 4 is 51.3 Å². The highest BCUT2D eigenvalue weighted by Crippen LogP contribution is 2.29. The van der Waals surface area contributed by atoms with E-state index in [1.54, 1.807) is 30.3 Å². The Morgan fingerprint density at radius 1 is 1.15 bits per heavy atom. The number of anilines is 2. The van der Waals surface area contributed by atoms with Crippen molar-refractivity contribution in [3.8, 4) is 5.75 Å². The summed E-state index contributed by atoms with van der Waals surface area (Å²) in [5.41, 5.74) is 6.17. The second kappa shape index (κ2) is 11.6. The Labute approximate surface area is 199 Å². The first-order valence-corrected chi connectivity index (χ1v) is 12.2. The zero-order valence-electron chi connectivity index (χ0n) is 18.0. The van der Waals surface area contributed by atoms with E-state index >= 15 is 0 Å². The number of rotatable bonds is 9. The van der Waals surface area contributed by atoms with Crippen molar-refractivity contribution in [2.45, 2.75) is 11.3 Å². The van der Waals surface area contributed by atoms with Gasteiger partial charge < -0.3 is 21.1 Å². The molecule has 0 saturated carbocycles. The largest absolute Gasteiger partial charge is 0.493 e. The smallest absolute Gasteiger partial charge is 0.277 e. The molecule has 0 aliphatic carbocycles. The van der Waals surface area contributed by atoms with E-state index in [1.807, 2.05) is 18.4 Å². The number of carbonyl (C=O) groups excluding carboxylic acids is 2. The number of aromatic nitrogens is 2. The summed E-state index contributed by atoms with van der Waals surface area (Å²) in [6, 6.07) is 11.7. The molecule has 172 valence electrons. The van der Waals surface area contributed by atoms with Crippen LogP contribution in [-0.4, -0.2) is 47.1 Å². The molecule has 3 aromatic rings. The second-order valence-corrected chi connectivity index (χ2v) is 9.14. The maximum absolute atomic E-state index is 13.1. The molecule has 0 saturated heterocycles. The van der Waals surface area contributed by atoms with Gasteiger partial charge in [0.05, 0.1) is 22.9 Å². The van der Waals surface area contributed by atoms with Gasteiger partial charge in [-0.2, -0.15) is 10.5 Å². The molecule has 0 aliphatic heterocycles. The van der Waals surface area contributed by atoms with E-state index in [0.717, 1.165) is 4.90 Å². The normalized spacial score (nSPS) is 11.5.